The molecule has 3 rings (SSSR count). The Bertz CT molecular complexity index is 919. The van der Waals surface area contributed by atoms with Gasteiger partial charge in [0.1, 0.15) is 5.58 Å². The summed E-state index contributed by atoms with van der Waals surface area (Å²) < 4.78 is 5.32. The van der Waals surface area contributed by atoms with Crippen LogP contribution in [0.5, 0.6) is 0 Å². The lowest BCUT2D eigenvalue weighted by atomic mass is 9.96. The fraction of sp³-hybridized carbons (Fsp3) is 0.450. The number of amides is 2. The Morgan fingerprint density at radius 1 is 1.30 bits per heavy atom. The molecule has 0 aliphatic carbocycles. The molecule has 7 nitrogen and oxygen atoms in total. The summed E-state index contributed by atoms with van der Waals surface area (Å²) >= 11 is 0. The number of nitrogens with zero attached hydrogens (tertiary/aromatic N) is 2. The lowest BCUT2D eigenvalue weighted by Crippen LogP contribution is -2.42. The van der Waals surface area contributed by atoms with Gasteiger partial charge >= 0.3 is 5.63 Å². The van der Waals surface area contributed by atoms with Gasteiger partial charge in [0.2, 0.25) is 11.8 Å². The van der Waals surface area contributed by atoms with Crippen LogP contribution in [0.25, 0.3) is 11.0 Å². The van der Waals surface area contributed by atoms with E-state index in [1.807, 2.05) is 6.07 Å². The molecule has 1 saturated heterocycles. The predicted octanol–water partition coefficient (Wildman–Crippen LogP) is 2.05. The Kier molecular flexibility index (Phi) is 5.60. The SMILES string of the molecule is CC(=O)Nc1ccc2c(CN3CCCC(C(=O)N(C)C)C3)cc(=O)oc2c1. The Balaban J connectivity index is 1.85. The maximum atomic E-state index is 12.3. The second-order valence-electron chi connectivity index (χ2n) is 7.29. The quantitative estimate of drug-likeness (QED) is 0.832. The molecule has 0 saturated carbocycles. The molecule has 1 aromatic heterocycles. The third-order valence-corrected chi connectivity index (χ3v) is 4.84. The fourth-order valence-electron chi connectivity index (χ4n) is 3.65. The maximum Gasteiger partial charge on any atom is 0.336 e. The topological polar surface area (TPSA) is 82.9 Å². The first-order chi connectivity index (χ1) is 12.8. The van der Waals surface area contributed by atoms with Gasteiger partial charge in [-0.15, -0.1) is 0 Å². The van der Waals surface area contributed by atoms with Gasteiger partial charge in [0.15, 0.2) is 0 Å². The summed E-state index contributed by atoms with van der Waals surface area (Å²) in [5.41, 5.74) is 1.48. The molecule has 0 radical (unpaired) electrons. The molecule has 1 aromatic carbocycles. The van der Waals surface area contributed by atoms with E-state index in [1.165, 1.54) is 13.0 Å². The van der Waals surface area contributed by atoms with Crippen LogP contribution in [0.15, 0.2) is 33.5 Å². The average molecular weight is 371 g/mol. The van der Waals surface area contributed by atoms with Crippen molar-refractivity contribution < 1.29 is 14.0 Å². The highest BCUT2D eigenvalue weighted by Gasteiger charge is 2.27. The number of carbonyl (C=O) groups is 2. The number of fused-ring (bicyclic) bond motifs is 1. The van der Waals surface area contributed by atoms with Gasteiger partial charge in [-0.05, 0) is 37.1 Å². The number of carbonyl (C=O) groups excluding carboxylic acids is 2. The lowest BCUT2D eigenvalue weighted by Gasteiger charge is -2.33. The summed E-state index contributed by atoms with van der Waals surface area (Å²) in [6.07, 6.45) is 1.85. The van der Waals surface area contributed by atoms with Crippen molar-refractivity contribution in [3.8, 4) is 0 Å². The Morgan fingerprint density at radius 3 is 2.78 bits per heavy atom. The van der Waals surface area contributed by atoms with E-state index in [9.17, 15) is 14.4 Å². The molecule has 2 aromatic rings. The molecule has 0 spiro atoms. The molecule has 27 heavy (non-hydrogen) atoms. The van der Waals surface area contributed by atoms with Gasteiger partial charge in [-0.1, -0.05) is 0 Å². The van der Waals surface area contributed by atoms with E-state index < -0.39 is 5.63 Å². The first-order valence-corrected chi connectivity index (χ1v) is 9.11. The fourth-order valence-corrected chi connectivity index (χ4v) is 3.65. The maximum absolute atomic E-state index is 12.3. The molecule has 1 aliphatic heterocycles. The lowest BCUT2D eigenvalue weighted by molar-refractivity contribution is -0.134. The van der Waals surface area contributed by atoms with E-state index in [0.29, 0.717) is 24.4 Å². The smallest absolute Gasteiger partial charge is 0.336 e. The van der Waals surface area contributed by atoms with Crippen molar-refractivity contribution in [3.05, 3.63) is 40.2 Å². The van der Waals surface area contributed by atoms with E-state index in [0.717, 1.165) is 30.3 Å². The molecule has 1 fully saturated rings. The van der Waals surface area contributed by atoms with Crippen molar-refractivity contribution in [2.45, 2.75) is 26.3 Å². The van der Waals surface area contributed by atoms with Crippen LogP contribution < -0.4 is 10.9 Å². The molecule has 2 heterocycles. The number of anilines is 1. The Labute approximate surface area is 157 Å². The molecule has 1 unspecified atom stereocenters. The van der Waals surface area contributed by atoms with Crippen LogP contribution in [-0.2, 0) is 16.1 Å². The zero-order valence-electron chi connectivity index (χ0n) is 15.9. The number of hydrogen-bond acceptors (Lipinski definition) is 5. The second kappa shape index (κ2) is 7.92. The van der Waals surface area contributed by atoms with Gasteiger partial charge in [-0.2, -0.15) is 0 Å². The summed E-state index contributed by atoms with van der Waals surface area (Å²) in [4.78, 5) is 39.4. The number of rotatable bonds is 4. The normalized spacial score (nSPS) is 17.7. The van der Waals surface area contributed by atoms with Gasteiger partial charge in [0, 0.05) is 57.3 Å². The molecule has 144 valence electrons. The summed E-state index contributed by atoms with van der Waals surface area (Å²) in [5, 5.41) is 3.53. The first kappa shape index (κ1) is 19.1. The van der Waals surface area contributed by atoms with Crippen molar-refractivity contribution in [3.63, 3.8) is 0 Å². The van der Waals surface area contributed by atoms with Gasteiger partial charge in [-0.3, -0.25) is 14.5 Å². The minimum atomic E-state index is -0.421. The van der Waals surface area contributed by atoms with E-state index in [2.05, 4.69) is 10.2 Å². The van der Waals surface area contributed by atoms with Crippen molar-refractivity contribution in [1.29, 1.82) is 0 Å². The van der Waals surface area contributed by atoms with E-state index in [-0.39, 0.29) is 17.7 Å². The summed E-state index contributed by atoms with van der Waals surface area (Å²) in [5.74, 6) is -0.0404. The van der Waals surface area contributed by atoms with E-state index >= 15 is 0 Å². The minimum Gasteiger partial charge on any atom is -0.423 e. The molecular formula is C20H25N3O4. The monoisotopic (exact) mass is 371 g/mol. The highest BCUT2D eigenvalue weighted by Crippen LogP contribution is 2.25. The molecule has 7 heteroatoms. The zero-order valence-corrected chi connectivity index (χ0v) is 15.9. The summed E-state index contributed by atoms with van der Waals surface area (Å²) in [6.45, 7) is 3.59. The van der Waals surface area contributed by atoms with Gasteiger partial charge in [0.25, 0.3) is 0 Å². The molecule has 1 aliphatic rings. The van der Waals surface area contributed by atoms with Crippen LogP contribution in [0, 0.1) is 5.92 Å². The van der Waals surface area contributed by atoms with Crippen LogP contribution in [0.3, 0.4) is 0 Å². The van der Waals surface area contributed by atoms with Crippen molar-refractivity contribution >= 4 is 28.5 Å². The van der Waals surface area contributed by atoms with Gasteiger partial charge in [-0.25, -0.2) is 4.79 Å². The standard InChI is InChI=1S/C20H25N3O4/c1-13(24)21-16-6-7-17-15(9-19(25)27-18(17)10-16)12-23-8-4-5-14(11-23)20(26)22(2)3/h6-7,9-10,14H,4-5,8,11-12H2,1-3H3,(H,21,24). The molecule has 1 N–H and O–H groups in total. The summed E-state index contributed by atoms with van der Waals surface area (Å²) in [6, 6.07) is 6.82. The highest BCUT2D eigenvalue weighted by atomic mass is 16.4. The third kappa shape index (κ3) is 4.54. The number of hydrogen-bond donors (Lipinski definition) is 1. The largest absolute Gasteiger partial charge is 0.423 e. The third-order valence-electron chi connectivity index (χ3n) is 4.84. The van der Waals surface area contributed by atoms with Crippen LogP contribution in [0.4, 0.5) is 5.69 Å². The predicted molar refractivity (Wildman–Crippen MR) is 103 cm³/mol. The molecular weight excluding hydrogens is 346 g/mol. The number of likely N-dealkylation sites (tertiary alicyclic amines) is 1. The molecule has 1 atom stereocenters. The number of piperidine rings is 1. The Hall–Kier alpha value is -2.67. The molecule has 2 amide bonds. The van der Waals surface area contributed by atoms with Crippen molar-refractivity contribution in [1.82, 2.24) is 9.80 Å². The van der Waals surface area contributed by atoms with Crippen molar-refractivity contribution in [2.75, 3.05) is 32.5 Å². The van der Waals surface area contributed by atoms with Crippen LogP contribution in [0.1, 0.15) is 25.3 Å². The van der Waals surface area contributed by atoms with Crippen LogP contribution >= 0.6 is 0 Å². The second-order valence-corrected chi connectivity index (χ2v) is 7.29. The van der Waals surface area contributed by atoms with Crippen LogP contribution in [0.2, 0.25) is 0 Å². The summed E-state index contributed by atoms with van der Waals surface area (Å²) in [7, 11) is 3.56. The Morgan fingerprint density at radius 2 is 2.07 bits per heavy atom. The van der Waals surface area contributed by atoms with Crippen LogP contribution in [-0.4, -0.2) is 48.8 Å². The number of nitrogens with one attached hydrogen (secondary N) is 1. The first-order valence-electron chi connectivity index (χ1n) is 9.11. The zero-order chi connectivity index (χ0) is 19.6. The highest BCUT2D eigenvalue weighted by molar-refractivity contribution is 5.92. The van der Waals surface area contributed by atoms with E-state index in [1.54, 1.807) is 31.1 Å². The number of benzene rings is 1. The minimum absolute atomic E-state index is 0.00787. The average Bonchev–Trinajstić information content (AvgIpc) is 2.60. The van der Waals surface area contributed by atoms with E-state index in [4.69, 9.17) is 4.42 Å². The van der Waals surface area contributed by atoms with Crippen molar-refractivity contribution in [2.24, 2.45) is 5.92 Å². The van der Waals surface area contributed by atoms with Gasteiger partial charge < -0.3 is 14.6 Å². The molecule has 0 bridgehead atoms. The van der Waals surface area contributed by atoms with Gasteiger partial charge in [0.05, 0.1) is 5.92 Å².